The van der Waals surface area contributed by atoms with Crippen LogP contribution in [-0.2, 0) is 10.0 Å². The van der Waals surface area contributed by atoms with Crippen molar-refractivity contribution in [3.8, 4) is 0 Å². The zero-order valence-corrected chi connectivity index (χ0v) is 20.3. The Hall–Kier alpha value is -0.590. The van der Waals surface area contributed by atoms with Crippen LogP contribution in [0.15, 0.2) is 22.5 Å². The summed E-state index contributed by atoms with van der Waals surface area (Å²) in [5, 5.41) is 10.2. The lowest BCUT2D eigenvalue weighted by atomic mass is 10.1. The molecule has 1 saturated heterocycles. The van der Waals surface area contributed by atoms with Crippen LogP contribution in [0, 0.1) is 0 Å². The van der Waals surface area contributed by atoms with Crippen molar-refractivity contribution in [2.45, 2.75) is 32.2 Å². The second-order valence-electron chi connectivity index (χ2n) is 6.46. The molecule has 1 aliphatic heterocycles. The molecule has 0 radical (unpaired) electrons. The second-order valence-corrected chi connectivity index (χ2v) is 9.37. The Labute approximate surface area is 184 Å². The van der Waals surface area contributed by atoms with Gasteiger partial charge in [0.05, 0.1) is 11.3 Å². The SMILES string of the molecule is CCN(CCCNC(=NC)NC1CCN(c2cccs2)CC1)S(C)(=O)=O.I. The fourth-order valence-electron chi connectivity index (χ4n) is 3.10. The average Bonchev–Trinajstić information content (AvgIpc) is 3.14. The lowest BCUT2D eigenvalue weighted by Crippen LogP contribution is -2.49. The lowest BCUT2D eigenvalue weighted by molar-refractivity contribution is 0.422. The topological polar surface area (TPSA) is 77.0 Å². The smallest absolute Gasteiger partial charge is 0.211 e. The van der Waals surface area contributed by atoms with Crippen molar-refractivity contribution in [3.63, 3.8) is 0 Å². The number of rotatable bonds is 8. The average molecular weight is 530 g/mol. The molecule has 0 bridgehead atoms. The zero-order valence-electron chi connectivity index (χ0n) is 16.3. The molecule has 10 heteroatoms. The fourth-order valence-corrected chi connectivity index (χ4v) is 4.82. The summed E-state index contributed by atoms with van der Waals surface area (Å²) in [7, 11) is -1.34. The van der Waals surface area contributed by atoms with Gasteiger partial charge in [-0.05, 0) is 36.8 Å². The van der Waals surface area contributed by atoms with Gasteiger partial charge < -0.3 is 15.5 Å². The van der Waals surface area contributed by atoms with Gasteiger partial charge in [0.25, 0.3) is 0 Å². The minimum atomic E-state index is -3.11. The van der Waals surface area contributed by atoms with E-state index in [1.165, 1.54) is 15.6 Å². The van der Waals surface area contributed by atoms with Crippen molar-refractivity contribution in [2.75, 3.05) is 50.9 Å². The third-order valence-electron chi connectivity index (χ3n) is 4.58. The number of anilines is 1. The third kappa shape index (κ3) is 8.12. The van der Waals surface area contributed by atoms with E-state index in [0.29, 0.717) is 25.7 Å². The van der Waals surface area contributed by atoms with E-state index in [2.05, 4.69) is 38.0 Å². The van der Waals surface area contributed by atoms with Gasteiger partial charge >= 0.3 is 0 Å². The number of nitrogens with zero attached hydrogens (tertiary/aromatic N) is 3. The van der Waals surface area contributed by atoms with E-state index in [1.807, 2.05) is 6.92 Å². The highest BCUT2D eigenvalue weighted by atomic mass is 127. The zero-order chi connectivity index (χ0) is 19.0. The van der Waals surface area contributed by atoms with Gasteiger partial charge in [-0.1, -0.05) is 6.92 Å². The molecule has 7 nitrogen and oxygen atoms in total. The molecule has 156 valence electrons. The Morgan fingerprint density at radius 2 is 2.11 bits per heavy atom. The first-order chi connectivity index (χ1) is 12.4. The Bertz CT molecular complexity index is 659. The number of thiophene rings is 1. The van der Waals surface area contributed by atoms with E-state index in [-0.39, 0.29) is 24.0 Å². The number of hydrogen-bond donors (Lipinski definition) is 2. The maximum atomic E-state index is 11.6. The van der Waals surface area contributed by atoms with E-state index < -0.39 is 10.0 Å². The number of halogens is 1. The van der Waals surface area contributed by atoms with Crippen molar-refractivity contribution >= 4 is 56.3 Å². The minimum Gasteiger partial charge on any atom is -0.363 e. The van der Waals surface area contributed by atoms with E-state index in [0.717, 1.165) is 38.3 Å². The number of aliphatic imine (C=N–C) groups is 1. The molecule has 27 heavy (non-hydrogen) atoms. The molecule has 1 aromatic heterocycles. The van der Waals surface area contributed by atoms with Crippen LogP contribution in [0.1, 0.15) is 26.2 Å². The maximum Gasteiger partial charge on any atom is 0.211 e. The molecule has 2 rings (SSSR count). The second kappa shape index (κ2) is 12.1. The van der Waals surface area contributed by atoms with Gasteiger partial charge in [0.15, 0.2) is 5.96 Å². The summed E-state index contributed by atoms with van der Waals surface area (Å²) in [6.45, 7) is 5.69. The summed E-state index contributed by atoms with van der Waals surface area (Å²) in [5.41, 5.74) is 0. The first-order valence-corrected chi connectivity index (χ1v) is 11.9. The van der Waals surface area contributed by atoms with Gasteiger partial charge in [0.2, 0.25) is 10.0 Å². The minimum absolute atomic E-state index is 0. The molecule has 0 amide bonds. The summed E-state index contributed by atoms with van der Waals surface area (Å²) < 4.78 is 24.7. The third-order valence-corrected chi connectivity index (χ3v) is 6.88. The van der Waals surface area contributed by atoms with Crippen LogP contribution in [0.3, 0.4) is 0 Å². The van der Waals surface area contributed by atoms with Crippen molar-refractivity contribution in [2.24, 2.45) is 4.99 Å². The molecule has 1 aromatic rings. The number of piperidine rings is 1. The highest BCUT2D eigenvalue weighted by molar-refractivity contribution is 14.0. The normalized spacial score (nSPS) is 16.3. The molecule has 0 aliphatic carbocycles. The molecule has 2 heterocycles. The van der Waals surface area contributed by atoms with Crippen LogP contribution in [0.2, 0.25) is 0 Å². The summed E-state index contributed by atoms with van der Waals surface area (Å²) in [5.74, 6) is 0.793. The van der Waals surface area contributed by atoms with Crippen molar-refractivity contribution in [3.05, 3.63) is 17.5 Å². The molecular weight excluding hydrogens is 497 g/mol. The van der Waals surface area contributed by atoms with Crippen molar-refractivity contribution < 1.29 is 8.42 Å². The van der Waals surface area contributed by atoms with Crippen LogP contribution < -0.4 is 15.5 Å². The first-order valence-electron chi connectivity index (χ1n) is 9.14. The van der Waals surface area contributed by atoms with Gasteiger partial charge in [-0.15, -0.1) is 35.3 Å². The Morgan fingerprint density at radius 1 is 1.41 bits per heavy atom. The first kappa shape index (κ1) is 24.4. The van der Waals surface area contributed by atoms with E-state index >= 15 is 0 Å². The monoisotopic (exact) mass is 529 g/mol. The number of guanidine groups is 1. The molecule has 0 aromatic carbocycles. The molecule has 0 atom stereocenters. The standard InChI is InChI=1S/C17H31N5O2S2.HI/c1-4-22(26(3,23)24)11-6-10-19-17(18-2)20-15-8-12-21(13-9-15)16-7-5-14-25-16;/h5,7,14-15H,4,6,8-13H2,1-3H3,(H2,18,19,20);1H. The van der Waals surface area contributed by atoms with Crippen LogP contribution >= 0.6 is 35.3 Å². The van der Waals surface area contributed by atoms with E-state index in [4.69, 9.17) is 0 Å². The quantitative estimate of drug-likeness (QED) is 0.234. The highest BCUT2D eigenvalue weighted by Crippen LogP contribution is 2.24. The maximum absolute atomic E-state index is 11.6. The van der Waals surface area contributed by atoms with E-state index in [9.17, 15) is 8.42 Å². The van der Waals surface area contributed by atoms with E-state index in [1.54, 1.807) is 18.4 Å². The Balaban J connectivity index is 0.00000364. The summed E-state index contributed by atoms with van der Waals surface area (Å²) in [6.07, 6.45) is 4.16. The van der Waals surface area contributed by atoms with Gasteiger partial charge in [0, 0.05) is 45.8 Å². The molecule has 0 saturated carbocycles. The Morgan fingerprint density at radius 3 is 2.63 bits per heavy atom. The summed E-state index contributed by atoms with van der Waals surface area (Å²) in [6, 6.07) is 4.69. The molecule has 0 unspecified atom stereocenters. The largest absolute Gasteiger partial charge is 0.363 e. The Kier molecular flexibility index (Phi) is 10.9. The van der Waals surface area contributed by atoms with Crippen LogP contribution in [0.25, 0.3) is 0 Å². The predicted octanol–water partition coefficient (Wildman–Crippen LogP) is 2.17. The fraction of sp³-hybridized carbons (Fsp3) is 0.706. The van der Waals surface area contributed by atoms with Crippen molar-refractivity contribution in [1.82, 2.24) is 14.9 Å². The molecule has 0 spiro atoms. The van der Waals surface area contributed by atoms with Gasteiger partial charge in [-0.25, -0.2) is 12.7 Å². The number of sulfonamides is 1. The molecule has 1 fully saturated rings. The van der Waals surface area contributed by atoms with Crippen LogP contribution in [0.5, 0.6) is 0 Å². The van der Waals surface area contributed by atoms with Crippen molar-refractivity contribution in [1.29, 1.82) is 0 Å². The van der Waals surface area contributed by atoms with Gasteiger partial charge in [0.1, 0.15) is 0 Å². The number of hydrogen-bond acceptors (Lipinski definition) is 5. The predicted molar refractivity (Wildman–Crippen MR) is 126 cm³/mol. The number of nitrogens with one attached hydrogen (secondary N) is 2. The highest BCUT2D eigenvalue weighted by Gasteiger charge is 2.20. The lowest BCUT2D eigenvalue weighted by Gasteiger charge is -2.33. The van der Waals surface area contributed by atoms with Gasteiger partial charge in [-0.2, -0.15) is 0 Å². The molecule has 1 aliphatic rings. The molecular formula is C17H32IN5O2S2. The molecule has 2 N–H and O–H groups in total. The summed E-state index contributed by atoms with van der Waals surface area (Å²) in [4.78, 5) is 6.72. The van der Waals surface area contributed by atoms with Crippen LogP contribution in [-0.4, -0.2) is 70.8 Å². The van der Waals surface area contributed by atoms with Crippen LogP contribution in [0.4, 0.5) is 5.00 Å². The summed E-state index contributed by atoms with van der Waals surface area (Å²) >= 11 is 1.79. The van der Waals surface area contributed by atoms with Gasteiger partial charge in [-0.3, -0.25) is 4.99 Å².